The largest absolute Gasteiger partial charge is 0.468 e. The molecule has 5 rings (SSSR count). The SMILES string of the molecule is CC[C@@H]1C(=O)C2C3CCC([C@H](C)CC(C(=O)OC)C(=O)OC)[C@@]3(C)CCC2[C@@]2(C)CCC3OC3C[C@@H]12. The van der Waals surface area contributed by atoms with Crippen LogP contribution >= 0.6 is 0 Å². The Morgan fingerprint density at radius 3 is 2.22 bits per heavy atom. The minimum atomic E-state index is -0.880. The highest BCUT2D eigenvalue weighted by Crippen LogP contribution is 2.69. The number of fused-ring (bicyclic) bond motifs is 6. The van der Waals surface area contributed by atoms with Gasteiger partial charge in [0.1, 0.15) is 5.78 Å². The second-order valence-corrected chi connectivity index (χ2v) is 13.3. The molecular formula is C30H46O6. The van der Waals surface area contributed by atoms with Crippen LogP contribution in [0.4, 0.5) is 0 Å². The maximum atomic E-state index is 14.3. The van der Waals surface area contributed by atoms with Gasteiger partial charge >= 0.3 is 11.9 Å². The van der Waals surface area contributed by atoms with E-state index in [4.69, 9.17) is 14.2 Å². The standard InChI is InChI=1S/C30H46O6/c1-7-17-22-15-24-23(36-24)11-13-30(22,4)21-10-12-29(3)19(8-9-20(29)25(21)26(17)31)16(2)14-18(27(32)34-5)28(33)35-6/h16-25H,7-15H2,1-6H3/t16-,17+,19?,20?,21?,22+,23?,24?,25?,29-,30-/m1/s1. The van der Waals surface area contributed by atoms with E-state index in [-0.39, 0.29) is 28.6 Å². The van der Waals surface area contributed by atoms with Crippen molar-refractivity contribution in [2.45, 2.75) is 97.7 Å². The van der Waals surface area contributed by atoms with Crippen molar-refractivity contribution in [1.82, 2.24) is 0 Å². The Morgan fingerprint density at radius 2 is 1.58 bits per heavy atom. The van der Waals surface area contributed by atoms with Crippen LogP contribution < -0.4 is 0 Å². The Morgan fingerprint density at radius 1 is 0.944 bits per heavy atom. The van der Waals surface area contributed by atoms with Gasteiger partial charge in [-0.15, -0.1) is 0 Å². The van der Waals surface area contributed by atoms with Gasteiger partial charge in [0.05, 0.1) is 26.4 Å². The van der Waals surface area contributed by atoms with E-state index in [1.54, 1.807) is 0 Å². The summed E-state index contributed by atoms with van der Waals surface area (Å²) in [5, 5.41) is 0. The fourth-order valence-electron chi connectivity index (χ4n) is 10.2. The van der Waals surface area contributed by atoms with E-state index in [1.807, 2.05) is 0 Å². The molecule has 0 N–H and O–H groups in total. The molecule has 6 heteroatoms. The van der Waals surface area contributed by atoms with Crippen molar-refractivity contribution < 1.29 is 28.6 Å². The Labute approximate surface area is 216 Å². The zero-order valence-electron chi connectivity index (χ0n) is 23.1. The van der Waals surface area contributed by atoms with Crippen molar-refractivity contribution in [1.29, 1.82) is 0 Å². The number of epoxide rings is 1. The number of ether oxygens (including phenoxy) is 3. The summed E-state index contributed by atoms with van der Waals surface area (Å²) >= 11 is 0. The molecule has 1 aliphatic heterocycles. The predicted molar refractivity (Wildman–Crippen MR) is 135 cm³/mol. The van der Waals surface area contributed by atoms with Crippen molar-refractivity contribution in [3.8, 4) is 0 Å². The summed E-state index contributed by atoms with van der Waals surface area (Å²) in [5.74, 6) is 0.811. The summed E-state index contributed by atoms with van der Waals surface area (Å²) in [4.78, 5) is 39.0. The molecule has 6 nitrogen and oxygen atoms in total. The fraction of sp³-hybridized carbons (Fsp3) is 0.900. The summed E-state index contributed by atoms with van der Waals surface area (Å²) in [7, 11) is 2.65. The molecule has 4 saturated carbocycles. The van der Waals surface area contributed by atoms with E-state index < -0.39 is 17.9 Å². The van der Waals surface area contributed by atoms with E-state index in [2.05, 4.69) is 27.7 Å². The van der Waals surface area contributed by atoms with Crippen LogP contribution in [0.25, 0.3) is 0 Å². The lowest BCUT2D eigenvalue weighted by Crippen LogP contribution is -2.59. The lowest BCUT2D eigenvalue weighted by atomic mass is 9.43. The zero-order chi connectivity index (χ0) is 26.0. The molecule has 1 heterocycles. The highest BCUT2D eigenvalue weighted by molar-refractivity contribution is 5.94. The summed E-state index contributed by atoms with van der Waals surface area (Å²) < 4.78 is 15.8. The summed E-state index contributed by atoms with van der Waals surface area (Å²) in [6.45, 7) is 9.31. The molecule has 1 saturated heterocycles. The summed E-state index contributed by atoms with van der Waals surface area (Å²) in [5.41, 5.74) is 0.284. The molecule has 6 unspecified atom stereocenters. The van der Waals surface area contributed by atoms with Gasteiger partial charge in [-0.1, -0.05) is 27.7 Å². The minimum Gasteiger partial charge on any atom is -0.468 e. The Bertz CT molecular complexity index is 884. The van der Waals surface area contributed by atoms with Gasteiger partial charge in [-0.2, -0.15) is 0 Å². The molecule has 202 valence electrons. The van der Waals surface area contributed by atoms with E-state index in [0.29, 0.717) is 48.1 Å². The Hall–Kier alpha value is -1.43. The molecule has 5 aliphatic rings. The van der Waals surface area contributed by atoms with Crippen LogP contribution in [-0.4, -0.2) is 44.1 Å². The number of rotatable bonds is 6. The number of esters is 2. The van der Waals surface area contributed by atoms with Gasteiger partial charge < -0.3 is 14.2 Å². The van der Waals surface area contributed by atoms with Crippen LogP contribution in [0.5, 0.6) is 0 Å². The third kappa shape index (κ3) is 3.87. The maximum Gasteiger partial charge on any atom is 0.320 e. The van der Waals surface area contributed by atoms with Crippen molar-refractivity contribution in [2.24, 2.45) is 58.2 Å². The minimum absolute atomic E-state index is 0.0600. The summed E-state index contributed by atoms with van der Waals surface area (Å²) in [6.07, 6.45) is 9.97. The van der Waals surface area contributed by atoms with Gasteiger partial charge in [-0.25, -0.2) is 0 Å². The number of methoxy groups -OCH3 is 2. The van der Waals surface area contributed by atoms with E-state index in [1.165, 1.54) is 20.6 Å². The molecule has 0 amide bonds. The van der Waals surface area contributed by atoms with Gasteiger partial charge in [0.25, 0.3) is 0 Å². The molecule has 0 spiro atoms. The normalized spacial score (nSPS) is 46.0. The smallest absolute Gasteiger partial charge is 0.320 e. The first-order valence-corrected chi connectivity index (χ1v) is 14.5. The number of hydrogen-bond donors (Lipinski definition) is 0. The summed E-state index contributed by atoms with van der Waals surface area (Å²) in [6, 6.07) is 0. The third-order valence-electron chi connectivity index (χ3n) is 12.1. The van der Waals surface area contributed by atoms with Crippen LogP contribution in [0.3, 0.4) is 0 Å². The van der Waals surface area contributed by atoms with Crippen LogP contribution in [0.15, 0.2) is 0 Å². The quantitative estimate of drug-likeness (QED) is 0.281. The average molecular weight is 503 g/mol. The van der Waals surface area contributed by atoms with E-state index in [9.17, 15) is 14.4 Å². The fourth-order valence-corrected chi connectivity index (χ4v) is 10.2. The monoisotopic (exact) mass is 502 g/mol. The number of Topliss-reactive ketones (excluding diaryl/α,β-unsaturated/α-hetero) is 1. The third-order valence-corrected chi connectivity index (χ3v) is 12.1. The molecule has 0 bridgehead atoms. The van der Waals surface area contributed by atoms with Crippen molar-refractivity contribution >= 4 is 17.7 Å². The van der Waals surface area contributed by atoms with Crippen LogP contribution in [0.2, 0.25) is 0 Å². The van der Waals surface area contributed by atoms with Gasteiger partial charge in [0, 0.05) is 11.8 Å². The number of carbonyl (C=O) groups excluding carboxylic acids is 3. The van der Waals surface area contributed by atoms with Crippen LogP contribution in [-0.2, 0) is 28.6 Å². The van der Waals surface area contributed by atoms with Crippen LogP contribution in [0, 0.1) is 58.2 Å². The first-order chi connectivity index (χ1) is 17.1. The maximum absolute atomic E-state index is 14.3. The number of hydrogen-bond acceptors (Lipinski definition) is 6. The molecule has 36 heavy (non-hydrogen) atoms. The van der Waals surface area contributed by atoms with Crippen molar-refractivity contribution in [2.75, 3.05) is 14.2 Å². The topological polar surface area (TPSA) is 82.2 Å². The predicted octanol–water partition coefficient (Wildman–Crippen LogP) is 5.22. The average Bonchev–Trinajstić information content (AvgIpc) is 3.54. The van der Waals surface area contributed by atoms with Crippen molar-refractivity contribution in [3.05, 3.63) is 0 Å². The highest BCUT2D eigenvalue weighted by Gasteiger charge is 2.66. The molecule has 0 radical (unpaired) electrons. The van der Waals surface area contributed by atoms with Gasteiger partial charge in [0.2, 0.25) is 0 Å². The number of ketones is 1. The molecule has 0 aromatic heterocycles. The molecule has 4 aliphatic carbocycles. The van der Waals surface area contributed by atoms with Crippen molar-refractivity contribution in [3.63, 3.8) is 0 Å². The van der Waals surface area contributed by atoms with E-state index in [0.717, 1.165) is 44.9 Å². The number of carbonyl (C=O) groups is 3. The first-order valence-electron chi connectivity index (χ1n) is 14.5. The van der Waals surface area contributed by atoms with Crippen LogP contribution in [0.1, 0.15) is 85.5 Å². The second kappa shape index (κ2) is 9.39. The lowest BCUT2D eigenvalue weighted by molar-refractivity contribution is -0.165. The lowest BCUT2D eigenvalue weighted by Gasteiger charge is -2.60. The van der Waals surface area contributed by atoms with E-state index >= 15 is 0 Å². The Kier molecular flexibility index (Phi) is 6.83. The highest BCUT2D eigenvalue weighted by atomic mass is 16.6. The molecule has 0 aromatic carbocycles. The molecule has 0 aromatic rings. The molecule has 11 atom stereocenters. The molecular weight excluding hydrogens is 456 g/mol. The van der Waals surface area contributed by atoms with Gasteiger partial charge in [-0.3, -0.25) is 14.4 Å². The Balaban J connectivity index is 1.40. The second-order valence-electron chi connectivity index (χ2n) is 13.3. The van der Waals surface area contributed by atoms with Gasteiger partial charge in [-0.05, 0) is 98.2 Å². The zero-order valence-corrected chi connectivity index (χ0v) is 23.1. The first kappa shape index (κ1) is 26.2. The molecule has 5 fully saturated rings. The van der Waals surface area contributed by atoms with Gasteiger partial charge in [0.15, 0.2) is 5.92 Å².